The van der Waals surface area contributed by atoms with E-state index in [9.17, 15) is 39.7 Å². The molecule has 7 nitrogen and oxygen atoms in total. The zero-order chi connectivity index (χ0) is 27.1. The lowest BCUT2D eigenvalue weighted by Gasteiger charge is -2.31. The van der Waals surface area contributed by atoms with E-state index in [0.717, 1.165) is 13.4 Å². The molecule has 0 spiro atoms. The summed E-state index contributed by atoms with van der Waals surface area (Å²) in [6.07, 6.45) is -4.96. The van der Waals surface area contributed by atoms with Crippen molar-refractivity contribution in [1.82, 2.24) is 0 Å². The molecule has 1 heterocycles. The average molecular weight is 543 g/mol. The van der Waals surface area contributed by atoms with E-state index < -0.39 is 76.1 Å². The summed E-state index contributed by atoms with van der Waals surface area (Å²) in [5.74, 6) is -5.94. The molecule has 36 heavy (non-hydrogen) atoms. The fourth-order valence-electron chi connectivity index (χ4n) is 3.82. The predicted octanol–water partition coefficient (Wildman–Crippen LogP) is 4.77. The van der Waals surface area contributed by atoms with Crippen LogP contribution in [0.15, 0.2) is 41.3 Å². The van der Waals surface area contributed by atoms with Crippen LogP contribution in [0.1, 0.15) is 6.42 Å². The molecule has 0 aliphatic carbocycles. The van der Waals surface area contributed by atoms with Crippen LogP contribution in [-0.2, 0) is 19.3 Å². The summed E-state index contributed by atoms with van der Waals surface area (Å²) in [6, 6.07) is 4.64. The molecule has 0 bridgehead atoms. The van der Waals surface area contributed by atoms with E-state index in [1.54, 1.807) is 0 Å². The SMILES string of the molecule is CO[C@@]1(C(F)(F)F)C[C@@H](C(=O)Nc2cccc([S@](C)(=N)=O)c2)N(c2ccc(F)c(F)c2OC(F)F)C1. The summed E-state index contributed by atoms with van der Waals surface area (Å²) in [5.41, 5.74) is -3.72. The van der Waals surface area contributed by atoms with Crippen LogP contribution in [0, 0.1) is 16.4 Å². The van der Waals surface area contributed by atoms with Gasteiger partial charge in [-0.05, 0) is 30.3 Å². The molecule has 1 aliphatic rings. The van der Waals surface area contributed by atoms with Gasteiger partial charge in [0.2, 0.25) is 11.7 Å². The van der Waals surface area contributed by atoms with Gasteiger partial charge in [-0.3, -0.25) is 4.79 Å². The first kappa shape index (κ1) is 27.5. The first-order valence-corrected chi connectivity index (χ1v) is 12.0. The number of anilines is 2. The molecular formula is C21H20F7N3O4S. The van der Waals surface area contributed by atoms with Gasteiger partial charge in [-0.2, -0.15) is 26.3 Å². The number of alkyl halides is 5. The number of halogens is 7. The van der Waals surface area contributed by atoms with Gasteiger partial charge in [0, 0.05) is 30.4 Å². The molecule has 2 N–H and O–H groups in total. The van der Waals surface area contributed by atoms with Crippen molar-refractivity contribution in [2.75, 3.05) is 30.1 Å². The number of hydrogen-bond acceptors (Lipinski definition) is 6. The van der Waals surface area contributed by atoms with Crippen molar-refractivity contribution in [2.24, 2.45) is 0 Å². The molecule has 198 valence electrons. The fraction of sp³-hybridized carbons (Fsp3) is 0.381. The lowest BCUT2D eigenvalue weighted by molar-refractivity contribution is -0.261. The van der Waals surface area contributed by atoms with Crippen LogP contribution >= 0.6 is 0 Å². The molecule has 15 heteroatoms. The minimum atomic E-state index is -5.05. The zero-order valence-electron chi connectivity index (χ0n) is 18.7. The molecule has 0 unspecified atom stereocenters. The standard InChI is InChI=1S/C21H20F7N3O4S/c1-34-20(21(26,27)28)9-15(18(32)30-11-4-3-5-12(8-11)36(2,29)33)31(10-20)14-7-6-13(22)16(23)17(14)35-19(24)25/h3-8,15,19,29H,9-10H2,1-2H3,(H,30,32)/t15-,20-,36+/m0/s1. The second-order valence-corrected chi connectivity index (χ2v) is 10.2. The van der Waals surface area contributed by atoms with Gasteiger partial charge in [0.05, 0.1) is 22.0 Å². The summed E-state index contributed by atoms with van der Waals surface area (Å²) < 4.78 is 124. The van der Waals surface area contributed by atoms with Crippen molar-refractivity contribution >= 4 is 27.0 Å². The van der Waals surface area contributed by atoms with E-state index in [0.29, 0.717) is 17.0 Å². The maximum Gasteiger partial charge on any atom is 0.419 e. The Hall–Kier alpha value is -3.07. The quantitative estimate of drug-likeness (QED) is 0.492. The van der Waals surface area contributed by atoms with Gasteiger partial charge in [0.15, 0.2) is 17.2 Å². The summed E-state index contributed by atoms with van der Waals surface area (Å²) in [5, 5.41) is 2.33. The minimum absolute atomic E-state index is 0.0180. The molecule has 0 saturated carbocycles. The number of rotatable bonds is 7. The van der Waals surface area contributed by atoms with Crippen molar-refractivity contribution in [2.45, 2.75) is 35.7 Å². The van der Waals surface area contributed by atoms with Gasteiger partial charge in [0.1, 0.15) is 6.04 Å². The van der Waals surface area contributed by atoms with Gasteiger partial charge in [0.25, 0.3) is 0 Å². The Kier molecular flexibility index (Phi) is 7.46. The molecule has 2 aromatic rings. The fourth-order valence-corrected chi connectivity index (χ4v) is 4.51. The summed E-state index contributed by atoms with van der Waals surface area (Å²) in [4.78, 5) is 13.8. The molecule has 1 aliphatic heterocycles. The molecule has 1 saturated heterocycles. The normalized spacial score (nSPS) is 21.9. The molecule has 3 rings (SSSR count). The van der Waals surface area contributed by atoms with Crippen LogP contribution in [0.25, 0.3) is 0 Å². The number of methoxy groups -OCH3 is 1. The Balaban J connectivity index is 2.09. The Bertz CT molecular complexity index is 1260. The molecule has 3 atom stereocenters. The van der Waals surface area contributed by atoms with Gasteiger partial charge in [-0.25, -0.2) is 13.4 Å². The first-order chi connectivity index (χ1) is 16.6. The number of benzene rings is 2. The first-order valence-electron chi connectivity index (χ1n) is 10.1. The van der Waals surface area contributed by atoms with Gasteiger partial charge < -0.3 is 19.7 Å². The highest BCUT2D eigenvalue weighted by atomic mass is 32.2. The van der Waals surface area contributed by atoms with Crippen LogP contribution in [0.3, 0.4) is 0 Å². The van der Waals surface area contributed by atoms with Crippen molar-refractivity contribution < 1.29 is 49.2 Å². The third kappa shape index (κ3) is 5.36. The average Bonchev–Trinajstić information content (AvgIpc) is 3.18. The Labute approximate surface area is 201 Å². The van der Waals surface area contributed by atoms with Crippen LogP contribution in [0.2, 0.25) is 0 Å². The molecular weight excluding hydrogens is 523 g/mol. The third-order valence-electron chi connectivity index (χ3n) is 5.63. The second-order valence-electron chi connectivity index (χ2n) is 7.99. The van der Waals surface area contributed by atoms with Crippen LogP contribution in [-0.4, -0.2) is 54.5 Å². The van der Waals surface area contributed by atoms with Crippen molar-refractivity contribution in [3.05, 3.63) is 48.0 Å². The van der Waals surface area contributed by atoms with Crippen molar-refractivity contribution in [3.8, 4) is 5.75 Å². The van der Waals surface area contributed by atoms with Gasteiger partial charge in [-0.15, -0.1) is 0 Å². The zero-order valence-corrected chi connectivity index (χ0v) is 19.5. The van der Waals surface area contributed by atoms with Crippen molar-refractivity contribution in [1.29, 1.82) is 4.78 Å². The highest BCUT2D eigenvalue weighted by molar-refractivity contribution is 7.91. The molecule has 1 amide bonds. The van der Waals surface area contributed by atoms with E-state index in [2.05, 4.69) is 10.1 Å². The number of nitrogens with one attached hydrogen (secondary N) is 2. The monoisotopic (exact) mass is 543 g/mol. The smallest absolute Gasteiger partial charge is 0.419 e. The second kappa shape index (κ2) is 9.76. The highest BCUT2D eigenvalue weighted by Gasteiger charge is 2.63. The number of hydrogen-bond donors (Lipinski definition) is 2. The Morgan fingerprint density at radius 2 is 1.92 bits per heavy atom. The van der Waals surface area contributed by atoms with Crippen LogP contribution in [0.4, 0.5) is 42.1 Å². The maximum absolute atomic E-state index is 14.4. The van der Waals surface area contributed by atoms with E-state index >= 15 is 0 Å². The van der Waals surface area contributed by atoms with Crippen molar-refractivity contribution in [3.63, 3.8) is 0 Å². The Morgan fingerprint density at radius 1 is 1.25 bits per heavy atom. The summed E-state index contributed by atoms with van der Waals surface area (Å²) >= 11 is 0. The summed E-state index contributed by atoms with van der Waals surface area (Å²) in [6.45, 7) is -4.79. The summed E-state index contributed by atoms with van der Waals surface area (Å²) in [7, 11) is -2.46. The topological polar surface area (TPSA) is 91.7 Å². The largest absolute Gasteiger partial charge is 0.429 e. The van der Waals surface area contributed by atoms with Crippen LogP contribution in [0.5, 0.6) is 5.75 Å². The van der Waals surface area contributed by atoms with E-state index in [-0.39, 0.29) is 10.6 Å². The third-order valence-corrected chi connectivity index (χ3v) is 6.79. The Morgan fingerprint density at radius 3 is 2.47 bits per heavy atom. The van der Waals surface area contributed by atoms with Crippen LogP contribution < -0.4 is 15.0 Å². The number of carbonyl (C=O) groups is 1. The molecule has 2 aromatic carbocycles. The van der Waals surface area contributed by atoms with E-state index in [1.165, 1.54) is 24.3 Å². The number of nitrogens with zero attached hydrogens (tertiary/aromatic N) is 1. The highest BCUT2D eigenvalue weighted by Crippen LogP contribution is 2.47. The lowest BCUT2D eigenvalue weighted by atomic mass is 9.99. The molecule has 1 fully saturated rings. The number of carbonyl (C=O) groups excluding carboxylic acids is 1. The lowest BCUT2D eigenvalue weighted by Crippen LogP contribution is -2.49. The minimum Gasteiger partial charge on any atom is -0.429 e. The molecule has 0 aromatic heterocycles. The number of ether oxygens (including phenoxy) is 2. The predicted molar refractivity (Wildman–Crippen MR) is 115 cm³/mol. The van der Waals surface area contributed by atoms with E-state index in [4.69, 9.17) is 9.52 Å². The maximum atomic E-state index is 14.4. The van der Waals surface area contributed by atoms with E-state index in [1.807, 2.05) is 0 Å². The molecule has 0 radical (unpaired) electrons. The number of amides is 1. The van der Waals surface area contributed by atoms with Gasteiger partial charge >= 0.3 is 12.8 Å². The van der Waals surface area contributed by atoms with Gasteiger partial charge in [-0.1, -0.05) is 6.07 Å².